The molecule has 2 fully saturated rings. The summed E-state index contributed by atoms with van der Waals surface area (Å²) in [4.78, 5) is 2.40. The predicted molar refractivity (Wildman–Crippen MR) is 85.6 cm³/mol. The first kappa shape index (κ1) is 15.0. The molecule has 0 spiro atoms. The summed E-state index contributed by atoms with van der Waals surface area (Å²) in [6.07, 6.45) is 4.16. The topological polar surface area (TPSA) is 40.6 Å². The fraction of sp³-hybridized carbons (Fsp3) is 0.467. The van der Waals surface area contributed by atoms with E-state index in [1.165, 1.54) is 18.2 Å². The Kier molecular flexibility index (Phi) is 4.36. The number of nitrogens with zero attached hydrogens (tertiary/aromatic N) is 2. The molecule has 1 aromatic rings. The molecule has 1 aromatic carbocycles. The van der Waals surface area contributed by atoms with Gasteiger partial charge in [0.15, 0.2) is 0 Å². The summed E-state index contributed by atoms with van der Waals surface area (Å²) in [6.45, 7) is 2.87. The van der Waals surface area contributed by atoms with Crippen molar-refractivity contribution in [2.24, 2.45) is 0 Å². The second-order valence-electron chi connectivity index (χ2n) is 5.57. The average molecular weight is 327 g/mol. The minimum absolute atomic E-state index is 0.587. The largest absolute Gasteiger partial charge is 0.298 e. The third-order valence-electron chi connectivity index (χ3n) is 4.00. The van der Waals surface area contributed by atoms with E-state index in [0.29, 0.717) is 24.2 Å². The number of hydrogen-bond acceptors (Lipinski definition) is 3. The molecule has 0 amide bonds. The fourth-order valence-corrected chi connectivity index (χ4v) is 3.89. The van der Waals surface area contributed by atoms with Gasteiger partial charge < -0.3 is 0 Å². The SMILES string of the molecule is O=S(=O)(C=Cc1ccc(Cl)cc1)N1CCN(C2CC2)CC1. The molecule has 0 atom stereocenters. The molecule has 6 heteroatoms. The normalized spacial score (nSPS) is 22.0. The van der Waals surface area contributed by atoms with Gasteiger partial charge in [0.05, 0.1) is 0 Å². The summed E-state index contributed by atoms with van der Waals surface area (Å²) < 4.78 is 26.2. The quantitative estimate of drug-likeness (QED) is 0.853. The number of halogens is 1. The number of piperazine rings is 1. The van der Waals surface area contributed by atoms with Crippen LogP contribution in [0, 0.1) is 0 Å². The van der Waals surface area contributed by atoms with E-state index in [1.54, 1.807) is 34.6 Å². The lowest BCUT2D eigenvalue weighted by atomic mass is 10.2. The molecule has 0 unspecified atom stereocenters. The molecular weight excluding hydrogens is 308 g/mol. The lowest BCUT2D eigenvalue weighted by molar-refractivity contribution is 0.181. The van der Waals surface area contributed by atoms with Gasteiger partial charge >= 0.3 is 0 Å². The molecule has 21 heavy (non-hydrogen) atoms. The Morgan fingerprint density at radius 3 is 2.24 bits per heavy atom. The van der Waals surface area contributed by atoms with Crippen molar-refractivity contribution in [3.63, 3.8) is 0 Å². The van der Waals surface area contributed by atoms with Crippen molar-refractivity contribution in [1.29, 1.82) is 0 Å². The number of rotatable bonds is 4. The van der Waals surface area contributed by atoms with E-state index < -0.39 is 10.0 Å². The Morgan fingerprint density at radius 2 is 1.67 bits per heavy atom. The van der Waals surface area contributed by atoms with Crippen LogP contribution in [0.3, 0.4) is 0 Å². The summed E-state index contributed by atoms with van der Waals surface area (Å²) in [5.41, 5.74) is 0.833. The van der Waals surface area contributed by atoms with Crippen molar-refractivity contribution < 1.29 is 8.42 Å². The minimum Gasteiger partial charge on any atom is -0.298 e. The van der Waals surface area contributed by atoms with Gasteiger partial charge in [-0.1, -0.05) is 23.7 Å². The maximum atomic E-state index is 12.3. The highest BCUT2D eigenvalue weighted by molar-refractivity contribution is 7.92. The highest BCUT2D eigenvalue weighted by Crippen LogP contribution is 2.28. The first-order valence-corrected chi connectivity index (χ1v) is 9.10. The molecule has 1 saturated heterocycles. The van der Waals surface area contributed by atoms with Gasteiger partial charge in [-0.25, -0.2) is 8.42 Å². The lowest BCUT2D eigenvalue weighted by Crippen LogP contribution is -2.48. The third-order valence-corrected chi connectivity index (χ3v) is 5.82. The van der Waals surface area contributed by atoms with Gasteiger partial charge in [-0.15, -0.1) is 0 Å². The molecule has 1 heterocycles. The molecule has 114 valence electrons. The van der Waals surface area contributed by atoms with Crippen LogP contribution in [0.15, 0.2) is 29.7 Å². The zero-order valence-corrected chi connectivity index (χ0v) is 13.4. The van der Waals surface area contributed by atoms with E-state index in [0.717, 1.165) is 18.7 Å². The molecule has 0 N–H and O–H groups in total. The molecule has 4 nitrogen and oxygen atoms in total. The van der Waals surface area contributed by atoms with Gasteiger partial charge in [0, 0.05) is 42.7 Å². The van der Waals surface area contributed by atoms with Crippen molar-refractivity contribution in [2.45, 2.75) is 18.9 Å². The molecule has 3 rings (SSSR count). The Balaban J connectivity index is 1.62. The zero-order valence-electron chi connectivity index (χ0n) is 11.8. The molecule has 1 aliphatic carbocycles. The minimum atomic E-state index is -3.33. The fourth-order valence-electron chi connectivity index (χ4n) is 2.59. The van der Waals surface area contributed by atoms with E-state index in [9.17, 15) is 8.42 Å². The van der Waals surface area contributed by atoms with Crippen LogP contribution >= 0.6 is 11.6 Å². The summed E-state index contributed by atoms with van der Waals surface area (Å²) in [5, 5.41) is 1.94. The van der Waals surface area contributed by atoms with Gasteiger partial charge in [-0.2, -0.15) is 4.31 Å². The van der Waals surface area contributed by atoms with Crippen LogP contribution in [0.2, 0.25) is 5.02 Å². The van der Waals surface area contributed by atoms with E-state index in [2.05, 4.69) is 4.90 Å². The van der Waals surface area contributed by atoms with E-state index in [4.69, 9.17) is 11.6 Å². The smallest absolute Gasteiger partial charge is 0.236 e. The number of hydrogen-bond donors (Lipinski definition) is 0. The van der Waals surface area contributed by atoms with Gasteiger partial charge in [-0.3, -0.25) is 4.90 Å². The standard InChI is InChI=1S/C15H19ClN2O2S/c16-14-3-1-13(2-4-14)7-12-21(19,20)18-10-8-17(9-11-18)15-5-6-15/h1-4,7,12,15H,5-6,8-11H2. The lowest BCUT2D eigenvalue weighted by Gasteiger charge is -2.33. The van der Waals surface area contributed by atoms with E-state index >= 15 is 0 Å². The van der Waals surface area contributed by atoms with Crippen LogP contribution < -0.4 is 0 Å². The van der Waals surface area contributed by atoms with Crippen LogP contribution in [0.25, 0.3) is 6.08 Å². The molecule has 0 aromatic heterocycles. The van der Waals surface area contributed by atoms with E-state index in [-0.39, 0.29) is 0 Å². The molecule has 2 aliphatic rings. The highest BCUT2D eigenvalue weighted by Gasteiger charge is 2.33. The molecule has 1 aliphatic heterocycles. The molecule has 1 saturated carbocycles. The zero-order chi connectivity index (χ0) is 14.9. The maximum Gasteiger partial charge on any atom is 0.236 e. The van der Waals surface area contributed by atoms with Crippen molar-refractivity contribution in [3.8, 4) is 0 Å². The van der Waals surface area contributed by atoms with Crippen LogP contribution in [0.4, 0.5) is 0 Å². The van der Waals surface area contributed by atoms with Crippen molar-refractivity contribution >= 4 is 27.7 Å². The van der Waals surface area contributed by atoms with Crippen LogP contribution in [0.1, 0.15) is 18.4 Å². The molecule has 0 radical (unpaired) electrons. The number of benzene rings is 1. The van der Waals surface area contributed by atoms with Crippen molar-refractivity contribution in [3.05, 3.63) is 40.3 Å². The molecular formula is C15H19ClN2O2S. The summed E-state index contributed by atoms with van der Waals surface area (Å²) in [5.74, 6) is 0. The second-order valence-corrected chi connectivity index (χ2v) is 7.82. The maximum absolute atomic E-state index is 12.3. The van der Waals surface area contributed by atoms with E-state index in [1.807, 2.05) is 0 Å². The Hall–Kier alpha value is -0.880. The first-order chi connectivity index (χ1) is 10.0. The van der Waals surface area contributed by atoms with Crippen LogP contribution in [0.5, 0.6) is 0 Å². The van der Waals surface area contributed by atoms with Gasteiger partial charge in [0.25, 0.3) is 0 Å². The summed E-state index contributed by atoms with van der Waals surface area (Å²) >= 11 is 5.81. The van der Waals surface area contributed by atoms with Crippen LogP contribution in [-0.4, -0.2) is 49.8 Å². The molecule has 0 bridgehead atoms. The van der Waals surface area contributed by atoms with Gasteiger partial charge in [0.1, 0.15) is 0 Å². The van der Waals surface area contributed by atoms with Crippen LogP contribution in [-0.2, 0) is 10.0 Å². The monoisotopic (exact) mass is 326 g/mol. The van der Waals surface area contributed by atoms with Crippen molar-refractivity contribution in [1.82, 2.24) is 9.21 Å². The first-order valence-electron chi connectivity index (χ1n) is 7.22. The van der Waals surface area contributed by atoms with Gasteiger partial charge in [-0.05, 0) is 36.6 Å². The predicted octanol–water partition coefficient (Wildman–Crippen LogP) is 2.42. The average Bonchev–Trinajstić information content (AvgIpc) is 3.32. The summed E-state index contributed by atoms with van der Waals surface area (Å²) in [6, 6.07) is 7.82. The Labute approximate surface area is 131 Å². The van der Waals surface area contributed by atoms with Crippen molar-refractivity contribution in [2.75, 3.05) is 26.2 Å². The van der Waals surface area contributed by atoms with Gasteiger partial charge in [0.2, 0.25) is 10.0 Å². The second kappa shape index (κ2) is 6.08. The Morgan fingerprint density at radius 1 is 1.05 bits per heavy atom. The Bertz CT molecular complexity index is 616. The highest BCUT2D eigenvalue weighted by atomic mass is 35.5. The summed E-state index contributed by atoms with van der Waals surface area (Å²) in [7, 11) is -3.33. The number of sulfonamides is 1. The third kappa shape index (κ3) is 3.86.